The highest BCUT2D eigenvalue weighted by Crippen LogP contribution is 2.28. The summed E-state index contributed by atoms with van der Waals surface area (Å²) < 4.78 is 0. The summed E-state index contributed by atoms with van der Waals surface area (Å²) in [6.45, 7) is 1.76. The molecule has 1 rings (SSSR count). The van der Waals surface area contributed by atoms with E-state index in [9.17, 15) is 19.7 Å². The summed E-state index contributed by atoms with van der Waals surface area (Å²) in [4.78, 5) is 33.6. The maximum Gasteiger partial charge on any atom is 0.305 e. The van der Waals surface area contributed by atoms with Crippen molar-refractivity contribution in [2.24, 2.45) is 0 Å². The number of nitro benzene ring substituents is 1. The Kier molecular flexibility index (Phi) is 6.16. The van der Waals surface area contributed by atoms with Crippen LogP contribution >= 0.6 is 11.8 Å². The monoisotopic (exact) mass is 312 g/mol. The Morgan fingerprint density at radius 1 is 1.48 bits per heavy atom. The van der Waals surface area contributed by atoms with E-state index in [0.29, 0.717) is 11.3 Å². The third-order valence-corrected chi connectivity index (χ3v) is 3.67. The van der Waals surface area contributed by atoms with Gasteiger partial charge in [0, 0.05) is 17.7 Å². The molecule has 7 nitrogen and oxygen atoms in total. The van der Waals surface area contributed by atoms with Crippen LogP contribution in [0.3, 0.4) is 0 Å². The van der Waals surface area contributed by atoms with Crippen molar-refractivity contribution in [1.82, 2.24) is 5.32 Å². The summed E-state index contributed by atoms with van der Waals surface area (Å²) in [7, 11) is 0. The number of hydrogen-bond acceptors (Lipinski definition) is 5. The summed E-state index contributed by atoms with van der Waals surface area (Å²) >= 11 is 1.22. The van der Waals surface area contributed by atoms with Gasteiger partial charge >= 0.3 is 5.97 Å². The molecular formula is C13H16N2O5S. The number of rotatable bonds is 7. The molecule has 1 unspecified atom stereocenters. The van der Waals surface area contributed by atoms with Gasteiger partial charge in [-0.25, -0.2) is 0 Å². The van der Waals surface area contributed by atoms with E-state index in [1.165, 1.54) is 30.0 Å². The molecule has 0 radical (unpaired) electrons. The van der Waals surface area contributed by atoms with Crippen LogP contribution in [0.4, 0.5) is 5.69 Å². The van der Waals surface area contributed by atoms with Crippen LogP contribution in [0.25, 0.3) is 0 Å². The van der Waals surface area contributed by atoms with Gasteiger partial charge in [0.05, 0.1) is 16.2 Å². The minimum absolute atomic E-state index is 0.138. The summed E-state index contributed by atoms with van der Waals surface area (Å²) in [5.74, 6) is -1.52. The van der Waals surface area contributed by atoms with E-state index < -0.39 is 22.8 Å². The van der Waals surface area contributed by atoms with E-state index in [2.05, 4.69) is 5.32 Å². The van der Waals surface area contributed by atoms with Crippen LogP contribution in [0.1, 0.15) is 30.1 Å². The fourth-order valence-electron chi connectivity index (χ4n) is 1.75. The van der Waals surface area contributed by atoms with Crippen molar-refractivity contribution in [3.63, 3.8) is 0 Å². The molecule has 0 spiro atoms. The predicted octanol–water partition coefficient (Wildman–Crippen LogP) is 2.30. The third kappa shape index (κ3) is 4.75. The number of carboxylic acid groups (broad SMARTS) is 1. The van der Waals surface area contributed by atoms with Gasteiger partial charge in [-0.3, -0.25) is 19.7 Å². The van der Waals surface area contributed by atoms with Gasteiger partial charge in [-0.15, -0.1) is 11.8 Å². The number of hydrogen-bond donors (Lipinski definition) is 2. The highest BCUT2D eigenvalue weighted by molar-refractivity contribution is 7.98. The fourth-order valence-corrected chi connectivity index (χ4v) is 2.30. The lowest BCUT2D eigenvalue weighted by Crippen LogP contribution is -2.36. The Morgan fingerprint density at radius 2 is 2.14 bits per heavy atom. The van der Waals surface area contributed by atoms with Crippen LogP contribution in [0.2, 0.25) is 0 Å². The first-order valence-electron chi connectivity index (χ1n) is 6.24. The average Bonchev–Trinajstić information content (AvgIpc) is 2.45. The molecule has 1 aromatic carbocycles. The summed E-state index contributed by atoms with van der Waals surface area (Å²) in [5, 5.41) is 22.3. The highest BCUT2D eigenvalue weighted by Gasteiger charge is 2.19. The molecule has 0 saturated carbocycles. The molecule has 1 atom stereocenters. The maximum absolute atomic E-state index is 12.0. The van der Waals surface area contributed by atoms with Gasteiger partial charge < -0.3 is 10.4 Å². The fraction of sp³-hybridized carbons (Fsp3) is 0.385. The zero-order valence-electron chi connectivity index (χ0n) is 11.7. The Morgan fingerprint density at radius 3 is 2.62 bits per heavy atom. The van der Waals surface area contributed by atoms with Gasteiger partial charge in [0.1, 0.15) is 0 Å². The largest absolute Gasteiger partial charge is 0.481 e. The second-order valence-electron chi connectivity index (χ2n) is 4.32. The predicted molar refractivity (Wildman–Crippen MR) is 78.7 cm³/mol. The number of nitrogens with one attached hydrogen (secondary N) is 1. The van der Waals surface area contributed by atoms with E-state index in [1.54, 1.807) is 13.2 Å². The zero-order chi connectivity index (χ0) is 16.0. The lowest BCUT2D eigenvalue weighted by Gasteiger charge is -2.14. The van der Waals surface area contributed by atoms with Gasteiger partial charge in [-0.05, 0) is 24.8 Å². The first kappa shape index (κ1) is 17.0. The average molecular weight is 312 g/mol. The van der Waals surface area contributed by atoms with Crippen molar-refractivity contribution in [3.05, 3.63) is 33.9 Å². The number of nitro groups is 1. The SMILES string of the molecule is CCC(CC(=O)O)NC(=O)c1ccc(SC)c([N+](=O)[O-])c1. The van der Waals surface area contributed by atoms with Gasteiger partial charge in [0.2, 0.25) is 0 Å². The zero-order valence-corrected chi connectivity index (χ0v) is 12.5. The Labute approximate surface area is 125 Å². The molecule has 0 saturated heterocycles. The first-order chi connectivity index (χ1) is 9.88. The molecule has 1 aromatic rings. The van der Waals surface area contributed by atoms with Crippen molar-refractivity contribution in [2.45, 2.75) is 30.7 Å². The Hall–Kier alpha value is -2.09. The number of thioether (sulfide) groups is 1. The van der Waals surface area contributed by atoms with Crippen molar-refractivity contribution >= 4 is 29.3 Å². The minimum atomic E-state index is -1.01. The molecule has 0 bridgehead atoms. The summed E-state index contributed by atoms with van der Waals surface area (Å²) in [5.41, 5.74) is 0.00442. The standard InChI is InChI=1S/C13H16N2O5S/c1-3-9(7-12(16)17)14-13(18)8-4-5-11(21-2)10(6-8)15(19)20/h4-6,9H,3,7H2,1-2H3,(H,14,18)(H,16,17). The van der Waals surface area contributed by atoms with E-state index in [1.807, 2.05) is 0 Å². The van der Waals surface area contributed by atoms with Crippen LogP contribution in [0.15, 0.2) is 23.1 Å². The molecule has 0 aliphatic carbocycles. The number of carbonyl (C=O) groups is 2. The van der Waals surface area contributed by atoms with E-state index >= 15 is 0 Å². The van der Waals surface area contributed by atoms with Crippen molar-refractivity contribution in [2.75, 3.05) is 6.26 Å². The number of amides is 1. The number of benzene rings is 1. The topological polar surface area (TPSA) is 110 Å². The lowest BCUT2D eigenvalue weighted by molar-refractivity contribution is -0.387. The van der Waals surface area contributed by atoms with Crippen molar-refractivity contribution in [3.8, 4) is 0 Å². The number of carbonyl (C=O) groups excluding carboxylic acids is 1. The number of carboxylic acids is 1. The van der Waals surface area contributed by atoms with Gasteiger partial charge in [0.15, 0.2) is 0 Å². The number of aliphatic carboxylic acids is 1. The second-order valence-corrected chi connectivity index (χ2v) is 5.17. The Bertz CT molecular complexity index is 561. The smallest absolute Gasteiger partial charge is 0.305 e. The quantitative estimate of drug-likeness (QED) is 0.454. The lowest BCUT2D eigenvalue weighted by atomic mass is 10.1. The summed E-state index contributed by atoms with van der Waals surface area (Å²) in [6.07, 6.45) is 1.98. The molecule has 0 fully saturated rings. The van der Waals surface area contributed by atoms with Crippen LogP contribution in [-0.2, 0) is 4.79 Å². The van der Waals surface area contributed by atoms with Gasteiger partial charge in [-0.1, -0.05) is 6.92 Å². The molecule has 0 aliphatic heterocycles. The third-order valence-electron chi connectivity index (χ3n) is 2.89. The molecule has 21 heavy (non-hydrogen) atoms. The van der Waals surface area contributed by atoms with Crippen molar-refractivity contribution < 1.29 is 19.6 Å². The highest BCUT2D eigenvalue weighted by atomic mass is 32.2. The Balaban J connectivity index is 2.94. The van der Waals surface area contributed by atoms with Gasteiger partial charge in [-0.2, -0.15) is 0 Å². The molecule has 8 heteroatoms. The van der Waals surface area contributed by atoms with E-state index in [-0.39, 0.29) is 17.7 Å². The van der Waals surface area contributed by atoms with E-state index in [0.717, 1.165) is 0 Å². The van der Waals surface area contributed by atoms with Crippen LogP contribution < -0.4 is 5.32 Å². The van der Waals surface area contributed by atoms with Gasteiger partial charge in [0.25, 0.3) is 11.6 Å². The van der Waals surface area contributed by atoms with E-state index in [4.69, 9.17) is 5.11 Å². The second kappa shape index (κ2) is 7.63. The molecular weight excluding hydrogens is 296 g/mol. The minimum Gasteiger partial charge on any atom is -0.481 e. The van der Waals surface area contributed by atoms with Crippen LogP contribution in [0, 0.1) is 10.1 Å². The maximum atomic E-state index is 12.0. The number of nitrogens with zero attached hydrogens (tertiary/aromatic N) is 1. The molecule has 1 amide bonds. The van der Waals surface area contributed by atoms with Crippen LogP contribution in [-0.4, -0.2) is 34.2 Å². The molecule has 0 aliphatic rings. The molecule has 0 heterocycles. The van der Waals surface area contributed by atoms with Crippen molar-refractivity contribution in [1.29, 1.82) is 0 Å². The molecule has 2 N–H and O–H groups in total. The molecule has 114 valence electrons. The van der Waals surface area contributed by atoms with Crippen LogP contribution in [0.5, 0.6) is 0 Å². The normalized spacial score (nSPS) is 11.7. The first-order valence-corrected chi connectivity index (χ1v) is 7.46. The summed E-state index contributed by atoms with van der Waals surface area (Å²) in [6, 6.07) is 3.70. The molecule has 0 aromatic heterocycles.